The topological polar surface area (TPSA) is 43.4 Å². The number of carboxylic acids is 1. The fourth-order valence-corrected chi connectivity index (χ4v) is 4.14. The zero-order valence-corrected chi connectivity index (χ0v) is 23.6. The van der Waals surface area contributed by atoms with Gasteiger partial charge < -0.3 is 14.8 Å². The van der Waals surface area contributed by atoms with Crippen LogP contribution in [0.5, 0.6) is 0 Å². The summed E-state index contributed by atoms with van der Waals surface area (Å²) in [5, 5.41) is 10.6. The molecule has 0 aliphatic rings. The molecule has 0 radical (unpaired) electrons. The van der Waals surface area contributed by atoms with E-state index in [1.165, 1.54) is 103 Å². The molecule has 1 atom stereocenters. The van der Waals surface area contributed by atoms with Gasteiger partial charge >= 0.3 is 51.4 Å². The molecule has 0 bridgehead atoms. The Bertz CT molecular complexity index is 323. The number of hydrogen-bond donors (Lipinski definition) is 0. The van der Waals surface area contributed by atoms with Crippen molar-refractivity contribution >= 4 is 5.97 Å². The molecule has 0 fully saturated rings. The van der Waals surface area contributed by atoms with Gasteiger partial charge in [0.2, 0.25) is 0 Å². The summed E-state index contributed by atoms with van der Waals surface area (Å²) in [6.07, 6.45) is 22.0. The number of unbranched alkanes of at least 4 members (excludes halogenated alkanes) is 12. The maximum atomic E-state index is 10.6. The Balaban J connectivity index is 0. The van der Waals surface area contributed by atoms with Crippen molar-refractivity contribution in [3.8, 4) is 0 Å². The van der Waals surface area contributed by atoms with Crippen LogP contribution in [0, 0.1) is 0 Å². The van der Waals surface area contributed by atoms with E-state index in [0.717, 1.165) is 19.3 Å². The van der Waals surface area contributed by atoms with Crippen molar-refractivity contribution in [3.05, 3.63) is 0 Å². The summed E-state index contributed by atoms with van der Waals surface area (Å²) < 4.78 is 0. The molecule has 0 amide bonds. The molecule has 29 heavy (non-hydrogen) atoms. The summed E-state index contributed by atoms with van der Waals surface area (Å²) >= 11 is 0. The van der Waals surface area contributed by atoms with Crippen LogP contribution in [0.3, 0.4) is 0 Å². The molecule has 4 heteroatoms. The monoisotopic (exact) mass is 435 g/mol. The standard InChI is InChI=1S/C25H51NO2.K/c1-4-7-9-11-13-18-22-26(23-19-14-12-10-8-5-2)24(6-3)20-16-15-17-21-25(27)28;/h24H,4-23H2,1-3H3,(H,27,28);/q;+1/p-1. The molecule has 0 saturated heterocycles. The Morgan fingerprint density at radius 3 is 1.59 bits per heavy atom. The molecule has 0 aliphatic carbocycles. The van der Waals surface area contributed by atoms with E-state index in [9.17, 15) is 9.90 Å². The molecule has 0 spiro atoms. The largest absolute Gasteiger partial charge is 1.00 e. The van der Waals surface area contributed by atoms with Gasteiger partial charge in [-0.1, -0.05) is 97.8 Å². The van der Waals surface area contributed by atoms with E-state index in [4.69, 9.17) is 0 Å². The van der Waals surface area contributed by atoms with Gasteiger partial charge in [0, 0.05) is 12.0 Å². The molecule has 0 N–H and O–H groups in total. The van der Waals surface area contributed by atoms with Gasteiger partial charge in [0.25, 0.3) is 0 Å². The average Bonchev–Trinajstić information content (AvgIpc) is 2.68. The van der Waals surface area contributed by atoms with Crippen molar-refractivity contribution in [3.63, 3.8) is 0 Å². The summed E-state index contributed by atoms with van der Waals surface area (Å²) in [6.45, 7) is 9.38. The van der Waals surface area contributed by atoms with Crippen molar-refractivity contribution in [1.29, 1.82) is 0 Å². The number of nitrogens with zero attached hydrogens (tertiary/aromatic N) is 1. The van der Waals surface area contributed by atoms with Gasteiger partial charge in [-0.15, -0.1) is 0 Å². The molecular weight excluding hydrogens is 385 g/mol. The first-order valence-corrected chi connectivity index (χ1v) is 12.6. The number of carboxylic acid groups (broad SMARTS) is 1. The first kappa shape index (κ1) is 32.2. The Morgan fingerprint density at radius 2 is 1.14 bits per heavy atom. The number of carbonyl (C=O) groups excluding carboxylic acids is 1. The van der Waals surface area contributed by atoms with Crippen molar-refractivity contribution in [2.75, 3.05) is 13.1 Å². The predicted molar refractivity (Wildman–Crippen MR) is 120 cm³/mol. The van der Waals surface area contributed by atoms with Crippen LogP contribution in [0.1, 0.15) is 136 Å². The maximum Gasteiger partial charge on any atom is 1.00 e. The number of aliphatic carboxylic acids is 1. The van der Waals surface area contributed by atoms with Crippen LogP contribution in [0.4, 0.5) is 0 Å². The third kappa shape index (κ3) is 22.1. The Morgan fingerprint density at radius 1 is 0.690 bits per heavy atom. The minimum absolute atomic E-state index is 0. The fraction of sp³-hybridized carbons (Fsp3) is 0.960. The summed E-state index contributed by atoms with van der Waals surface area (Å²) in [6, 6.07) is 0.675. The smallest absolute Gasteiger partial charge is 0.550 e. The van der Waals surface area contributed by atoms with Crippen LogP contribution in [0.2, 0.25) is 0 Å². The van der Waals surface area contributed by atoms with E-state index in [1.807, 2.05) is 0 Å². The van der Waals surface area contributed by atoms with Crippen molar-refractivity contribution in [2.24, 2.45) is 0 Å². The molecule has 0 heterocycles. The molecule has 0 aromatic carbocycles. The van der Waals surface area contributed by atoms with Gasteiger partial charge in [-0.25, -0.2) is 0 Å². The van der Waals surface area contributed by atoms with Gasteiger partial charge in [-0.05, 0) is 51.6 Å². The second kappa shape index (κ2) is 25.3. The van der Waals surface area contributed by atoms with Crippen LogP contribution in [0.15, 0.2) is 0 Å². The third-order valence-electron chi connectivity index (χ3n) is 6.00. The Kier molecular flexibility index (Phi) is 28.2. The van der Waals surface area contributed by atoms with Gasteiger partial charge in [0.1, 0.15) is 0 Å². The van der Waals surface area contributed by atoms with Crippen molar-refractivity contribution in [2.45, 2.75) is 142 Å². The summed E-state index contributed by atoms with van der Waals surface area (Å²) in [4.78, 5) is 13.3. The van der Waals surface area contributed by atoms with Crippen LogP contribution < -0.4 is 56.5 Å². The van der Waals surface area contributed by atoms with Crippen molar-refractivity contribution in [1.82, 2.24) is 4.90 Å². The molecule has 0 aromatic heterocycles. The van der Waals surface area contributed by atoms with Crippen LogP contribution in [-0.2, 0) is 4.79 Å². The Hall–Kier alpha value is 1.07. The SMILES string of the molecule is CCCCCCCCN(CCCCCCCC)C(CC)CCCCCC(=O)[O-].[K+]. The molecule has 1 unspecified atom stereocenters. The average molecular weight is 436 g/mol. The van der Waals surface area contributed by atoms with E-state index in [0.29, 0.717) is 6.04 Å². The van der Waals surface area contributed by atoms with Crippen molar-refractivity contribution < 1.29 is 61.3 Å². The molecule has 3 nitrogen and oxygen atoms in total. The maximum absolute atomic E-state index is 10.6. The predicted octanol–water partition coefficient (Wildman–Crippen LogP) is 3.49. The van der Waals surface area contributed by atoms with Crippen LogP contribution in [0.25, 0.3) is 0 Å². The van der Waals surface area contributed by atoms with Gasteiger partial charge in [-0.3, -0.25) is 0 Å². The number of rotatable bonds is 22. The molecule has 168 valence electrons. The molecular formula is C25H50KNO2. The zero-order valence-electron chi connectivity index (χ0n) is 20.5. The third-order valence-corrected chi connectivity index (χ3v) is 6.00. The van der Waals surface area contributed by atoms with Gasteiger partial charge in [0.05, 0.1) is 0 Å². The molecule has 0 aromatic rings. The summed E-state index contributed by atoms with van der Waals surface area (Å²) in [7, 11) is 0. The van der Waals surface area contributed by atoms with E-state index in [1.54, 1.807) is 0 Å². The van der Waals surface area contributed by atoms with Gasteiger partial charge in [-0.2, -0.15) is 0 Å². The normalized spacial score (nSPS) is 12.1. The summed E-state index contributed by atoms with van der Waals surface area (Å²) in [5.41, 5.74) is 0. The second-order valence-electron chi connectivity index (χ2n) is 8.60. The van der Waals surface area contributed by atoms with E-state index in [-0.39, 0.29) is 57.8 Å². The van der Waals surface area contributed by atoms with Crippen LogP contribution in [-0.4, -0.2) is 30.0 Å². The van der Waals surface area contributed by atoms with E-state index in [2.05, 4.69) is 25.7 Å². The number of carbonyl (C=O) groups is 1. The quantitative estimate of drug-likeness (QED) is 0.193. The van der Waals surface area contributed by atoms with Crippen LogP contribution >= 0.6 is 0 Å². The minimum atomic E-state index is -0.903. The summed E-state index contributed by atoms with van der Waals surface area (Å²) in [5.74, 6) is -0.903. The second-order valence-corrected chi connectivity index (χ2v) is 8.60. The molecule has 0 aliphatic heterocycles. The fourth-order valence-electron chi connectivity index (χ4n) is 4.14. The zero-order chi connectivity index (χ0) is 20.9. The number of hydrogen-bond acceptors (Lipinski definition) is 3. The first-order chi connectivity index (χ1) is 13.7. The minimum Gasteiger partial charge on any atom is -0.550 e. The van der Waals surface area contributed by atoms with E-state index >= 15 is 0 Å². The molecule has 0 saturated carbocycles. The van der Waals surface area contributed by atoms with Gasteiger partial charge in [0.15, 0.2) is 0 Å². The first-order valence-electron chi connectivity index (χ1n) is 12.6. The van der Waals surface area contributed by atoms with E-state index < -0.39 is 5.97 Å². The Labute approximate surface area is 225 Å². The molecule has 0 rings (SSSR count).